The Kier molecular flexibility index (Phi) is 5.51. The predicted molar refractivity (Wildman–Crippen MR) is 106 cm³/mol. The molecule has 0 spiro atoms. The van der Waals surface area contributed by atoms with Gasteiger partial charge in [-0.25, -0.2) is 0 Å². The molecule has 140 valence electrons. The van der Waals surface area contributed by atoms with Crippen LogP contribution < -0.4 is 10.1 Å². The minimum atomic E-state index is -0.637. The number of hydrogen-bond donors (Lipinski definition) is 1. The topological polar surface area (TPSA) is 62.1 Å². The Hall–Kier alpha value is -2.80. The zero-order chi connectivity index (χ0) is 19.4. The third kappa shape index (κ3) is 4.49. The van der Waals surface area contributed by atoms with Crippen LogP contribution in [0.25, 0.3) is 0 Å². The van der Waals surface area contributed by atoms with E-state index >= 15 is 0 Å². The van der Waals surface area contributed by atoms with Crippen molar-refractivity contribution in [2.75, 3.05) is 6.61 Å². The van der Waals surface area contributed by atoms with Gasteiger partial charge in [0.2, 0.25) is 5.91 Å². The lowest BCUT2D eigenvalue weighted by Crippen LogP contribution is -2.30. The van der Waals surface area contributed by atoms with Crippen molar-refractivity contribution in [3.05, 3.63) is 65.2 Å². The smallest absolute Gasteiger partial charge is 0.221 e. The van der Waals surface area contributed by atoms with Crippen LogP contribution in [0.5, 0.6) is 5.75 Å². The number of carbonyl (C=O) groups is 1. The highest BCUT2D eigenvalue weighted by Crippen LogP contribution is 2.35. The molecular weight excluding hydrogens is 336 g/mol. The summed E-state index contributed by atoms with van der Waals surface area (Å²) in [7, 11) is 0. The van der Waals surface area contributed by atoms with E-state index in [9.17, 15) is 10.1 Å². The molecule has 0 fully saturated rings. The van der Waals surface area contributed by atoms with Crippen LogP contribution >= 0.6 is 0 Å². The highest BCUT2D eigenvalue weighted by Gasteiger charge is 2.25. The first-order chi connectivity index (χ1) is 12.9. The number of ether oxygens (including phenoxy) is 1. The molecule has 0 saturated carbocycles. The van der Waals surface area contributed by atoms with Crippen molar-refractivity contribution in [2.24, 2.45) is 0 Å². The molecule has 3 rings (SSSR count). The molecule has 0 radical (unpaired) electrons. The van der Waals surface area contributed by atoms with Crippen LogP contribution in [0.2, 0.25) is 0 Å². The van der Waals surface area contributed by atoms with E-state index in [0.29, 0.717) is 13.0 Å². The maximum Gasteiger partial charge on any atom is 0.221 e. The third-order valence-electron chi connectivity index (χ3n) is 5.06. The van der Waals surface area contributed by atoms with Gasteiger partial charge in [0.15, 0.2) is 0 Å². The maximum absolute atomic E-state index is 12.6. The summed E-state index contributed by atoms with van der Waals surface area (Å²) in [6, 6.07) is 17.3. The largest absolute Gasteiger partial charge is 0.493 e. The van der Waals surface area contributed by atoms with Crippen molar-refractivity contribution in [2.45, 2.75) is 51.0 Å². The van der Waals surface area contributed by atoms with Crippen LogP contribution in [0.3, 0.4) is 0 Å². The first kappa shape index (κ1) is 19.0. The van der Waals surface area contributed by atoms with E-state index in [-0.39, 0.29) is 17.2 Å². The second-order valence-corrected chi connectivity index (χ2v) is 8.08. The molecule has 2 aromatic carbocycles. The molecule has 0 aromatic heterocycles. The van der Waals surface area contributed by atoms with E-state index in [1.165, 1.54) is 5.56 Å². The molecule has 1 aliphatic rings. The Labute approximate surface area is 161 Å². The van der Waals surface area contributed by atoms with E-state index in [4.69, 9.17) is 4.74 Å². The van der Waals surface area contributed by atoms with Crippen molar-refractivity contribution in [1.82, 2.24) is 5.32 Å². The van der Waals surface area contributed by atoms with Gasteiger partial charge < -0.3 is 10.1 Å². The van der Waals surface area contributed by atoms with Gasteiger partial charge in [0.1, 0.15) is 11.8 Å². The molecule has 2 aromatic rings. The molecule has 1 aliphatic heterocycles. The molecule has 1 N–H and O–H groups in total. The van der Waals surface area contributed by atoms with Crippen LogP contribution in [-0.4, -0.2) is 12.5 Å². The fraction of sp³-hybridized carbons (Fsp3) is 0.391. The van der Waals surface area contributed by atoms with Crippen molar-refractivity contribution in [3.63, 3.8) is 0 Å². The first-order valence-electron chi connectivity index (χ1n) is 9.39. The Balaban J connectivity index is 1.67. The first-order valence-corrected chi connectivity index (χ1v) is 9.39. The summed E-state index contributed by atoms with van der Waals surface area (Å²) in [5.74, 6) is 0.872. The fourth-order valence-electron chi connectivity index (χ4n) is 3.44. The summed E-state index contributed by atoms with van der Waals surface area (Å²) < 4.78 is 5.66. The molecule has 0 saturated heterocycles. The van der Waals surface area contributed by atoms with Crippen molar-refractivity contribution in [3.8, 4) is 11.8 Å². The summed E-state index contributed by atoms with van der Waals surface area (Å²) in [6.07, 6.45) is 1.17. The van der Waals surface area contributed by atoms with Gasteiger partial charge in [0.25, 0.3) is 0 Å². The van der Waals surface area contributed by atoms with Crippen LogP contribution in [0.1, 0.15) is 62.3 Å². The number of hydrogen-bond acceptors (Lipinski definition) is 3. The van der Waals surface area contributed by atoms with E-state index in [2.05, 4.69) is 32.2 Å². The molecule has 4 heteroatoms. The number of carbonyl (C=O) groups excluding carboxylic acids is 1. The molecule has 1 heterocycles. The zero-order valence-corrected chi connectivity index (χ0v) is 16.2. The highest BCUT2D eigenvalue weighted by atomic mass is 16.5. The van der Waals surface area contributed by atoms with Crippen molar-refractivity contribution in [1.29, 1.82) is 5.26 Å². The normalized spacial score (nSPS) is 17.2. The average Bonchev–Trinajstić information content (AvgIpc) is 2.66. The number of rotatable bonds is 4. The summed E-state index contributed by atoms with van der Waals surface area (Å²) in [5.41, 5.74) is 3.14. The van der Waals surface area contributed by atoms with E-state index in [1.54, 1.807) is 0 Å². The molecular formula is C23H26N2O2. The Morgan fingerprint density at radius 2 is 1.93 bits per heavy atom. The summed E-state index contributed by atoms with van der Waals surface area (Å²) in [6.45, 7) is 7.07. The summed E-state index contributed by atoms with van der Waals surface area (Å²) >= 11 is 0. The highest BCUT2D eigenvalue weighted by molar-refractivity contribution is 5.78. The second-order valence-electron chi connectivity index (χ2n) is 8.08. The molecule has 4 nitrogen and oxygen atoms in total. The number of benzene rings is 2. The lowest BCUT2D eigenvalue weighted by atomic mass is 9.86. The van der Waals surface area contributed by atoms with Gasteiger partial charge in [-0.15, -0.1) is 0 Å². The lowest BCUT2D eigenvalue weighted by Gasteiger charge is -2.26. The van der Waals surface area contributed by atoms with Crippen LogP contribution in [0, 0.1) is 11.3 Å². The van der Waals surface area contributed by atoms with Gasteiger partial charge in [-0.1, -0.05) is 63.2 Å². The number of para-hydroxylation sites is 1. The predicted octanol–water partition coefficient (Wildman–Crippen LogP) is 4.62. The average molecular weight is 362 g/mol. The van der Waals surface area contributed by atoms with E-state index in [1.807, 2.05) is 48.5 Å². The number of nitrogens with zero attached hydrogens (tertiary/aromatic N) is 1. The standard InChI is InChI=1S/C23H26N2O2/c1-23(2,3)18-10-8-16(9-11-18)20(15-24)25-22(26)14-17-12-13-27-21-7-5-4-6-19(17)21/h4-11,17,20H,12-14H2,1-3H3,(H,25,26). The Bertz CT molecular complexity index is 844. The lowest BCUT2D eigenvalue weighted by molar-refractivity contribution is -0.122. The summed E-state index contributed by atoms with van der Waals surface area (Å²) in [4.78, 5) is 12.6. The van der Waals surface area contributed by atoms with E-state index in [0.717, 1.165) is 23.3 Å². The van der Waals surface area contributed by atoms with Crippen molar-refractivity contribution >= 4 is 5.91 Å². The van der Waals surface area contributed by atoms with Gasteiger partial charge >= 0.3 is 0 Å². The molecule has 2 atom stereocenters. The van der Waals surface area contributed by atoms with Gasteiger partial charge in [0, 0.05) is 6.42 Å². The number of nitriles is 1. The van der Waals surface area contributed by atoms with Gasteiger partial charge in [-0.05, 0) is 40.5 Å². The zero-order valence-electron chi connectivity index (χ0n) is 16.2. The quantitative estimate of drug-likeness (QED) is 0.863. The number of fused-ring (bicyclic) bond motifs is 1. The maximum atomic E-state index is 12.6. The fourth-order valence-corrected chi connectivity index (χ4v) is 3.44. The molecule has 2 unspecified atom stereocenters. The number of amides is 1. The van der Waals surface area contributed by atoms with Crippen LogP contribution in [0.15, 0.2) is 48.5 Å². The van der Waals surface area contributed by atoms with Gasteiger partial charge in [0.05, 0.1) is 12.7 Å². The monoisotopic (exact) mass is 362 g/mol. The SMILES string of the molecule is CC(C)(C)c1ccc(C(C#N)NC(=O)CC2CCOc3ccccc32)cc1. The molecule has 0 aliphatic carbocycles. The third-order valence-corrected chi connectivity index (χ3v) is 5.06. The van der Waals surface area contributed by atoms with Gasteiger partial charge in [-0.2, -0.15) is 5.26 Å². The minimum absolute atomic E-state index is 0.0559. The molecule has 0 bridgehead atoms. The Morgan fingerprint density at radius 3 is 2.59 bits per heavy atom. The second kappa shape index (κ2) is 7.84. The molecule has 1 amide bonds. The molecule has 27 heavy (non-hydrogen) atoms. The number of nitrogens with one attached hydrogen (secondary N) is 1. The Morgan fingerprint density at radius 1 is 1.22 bits per heavy atom. The summed E-state index contributed by atoms with van der Waals surface area (Å²) in [5, 5.41) is 12.4. The minimum Gasteiger partial charge on any atom is -0.493 e. The van der Waals surface area contributed by atoms with Crippen LogP contribution in [0.4, 0.5) is 0 Å². The van der Waals surface area contributed by atoms with Gasteiger partial charge in [-0.3, -0.25) is 4.79 Å². The van der Waals surface area contributed by atoms with E-state index < -0.39 is 6.04 Å². The van der Waals surface area contributed by atoms with Crippen LogP contribution in [-0.2, 0) is 10.2 Å². The van der Waals surface area contributed by atoms with Crippen molar-refractivity contribution < 1.29 is 9.53 Å².